The molecule has 0 spiro atoms. The molecule has 2 saturated heterocycles. The van der Waals surface area contributed by atoms with Gasteiger partial charge < -0.3 is 9.64 Å². The average Bonchev–Trinajstić information content (AvgIpc) is 2.75. The van der Waals surface area contributed by atoms with Crippen LogP contribution in [0, 0.1) is 5.92 Å². The van der Waals surface area contributed by atoms with E-state index in [1.807, 2.05) is 0 Å². The third-order valence-corrected chi connectivity index (χ3v) is 3.75. The first-order chi connectivity index (χ1) is 7.09. The number of hydrogen-bond acceptors (Lipinski definition) is 3. The molecule has 88 valence electrons. The minimum Gasteiger partial charge on any atom is -0.360 e. The predicted molar refractivity (Wildman–Crippen MR) is 61.8 cm³/mol. The van der Waals surface area contributed by atoms with E-state index >= 15 is 0 Å². The zero-order valence-corrected chi connectivity index (χ0v) is 10.3. The summed E-state index contributed by atoms with van der Waals surface area (Å²) in [5, 5.41) is 3.46. The maximum absolute atomic E-state index is 5.77. The number of hydrogen-bond donors (Lipinski definition) is 1. The normalized spacial score (nSPS) is 38.0. The molecule has 3 nitrogen and oxygen atoms in total. The fourth-order valence-corrected chi connectivity index (χ4v) is 2.82. The van der Waals surface area contributed by atoms with Crippen molar-refractivity contribution in [1.29, 1.82) is 0 Å². The van der Waals surface area contributed by atoms with Gasteiger partial charge in [0, 0.05) is 19.1 Å². The molecule has 2 fully saturated rings. The topological polar surface area (TPSA) is 24.5 Å². The molecule has 0 amide bonds. The van der Waals surface area contributed by atoms with Gasteiger partial charge in [-0.3, -0.25) is 5.32 Å². The van der Waals surface area contributed by atoms with E-state index in [4.69, 9.17) is 4.74 Å². The van der Waals surface area contributed by atoms with E-state index in [2.05, 4.69) is 31.0 Å². The van der Waals surface area contributed by atoms with Crippen LogP contribution in [0.25, 0.3) is 0 Å². The largest absolute Gasteiger partial charge is 0.360 e. The van der Waals surface area contributed by atoms with E-state index in [0.29, 0.717) is 6.04 Å². The first kappa shape index (κ1) is 11.4. The Balaban J connectivity index is 1.81. The van der Waals surface area contributed by atoms with E-state index in [1.165, 1.54) is 19.5 Å². The van der Waals surface area contributed by atoms with Crippen LogP contribution in [0.5, 0.6) is 0 Å². The quantitative estimate of drug-likeness (QED) is 0.766. The van der Waals surface area contributed by atoms with Crippen LogP contribution >= 0.6 is 0 Å². The Hall–Kier alpha value is -0.120. The Morgan fingerprint density at radius 2 is 2.33 bits per heavy atom. The first-order valence-corrected chi connectivity index (χ1v) is 6.22. The summed E-state index contributed by atoms with van der Waals surface area (Å²) in [4.78, 5) is 2.57. The van der Waals surface area contributed by atoms with Crippen LogP contribution in [0.4, 0.5) is 0 Å². The molecule has 0 saturated carbocycles. The third kappa shape index (κ3) is 2.71. The second-order valence-electron chi connectivity index (χ2n) is 5.45. The van der Waals surface area contributed by atoms with Crippen molar-refractivity contribution in [3.8, 4) is 0 Å². The Bertz CT molecular complexity index is 212. The van der Waals surface area contributed by atoms with Crippen molar-refractivity contribution in [2.24, 2.45) is 5.92 Å². The maximum atomic E-state index is 5.77. The molecule has 15 heavy (non-hydrogen) atoms. The Morgan fingerprint density at radius 1 is 1.53 bits per heavy atom. The lowest BCUT2D eigenvalue weighted by molar-refractivity contribution is -0.0127. The van der Waals surface area contributed by atoms with Gasteiger partial charge in [0.1, 0.15) is 5.72 Å². The molecule has 0 aliphatic carbocycles. The minimum atomic E-state index is -0.0440. The smallest absolute Gasteiger partial charge is 0.116 e. The second kappa shape index (κ2) is 4.40. The number of rotatable bonds is 3. The van der Waals surface area contributed by atoms with Crippen LogP contribution in [-0.2, 0) is 4.74 Å². The van der Waals surface area contributed by atoms with Crippen LogP contribution in [0.1, 0.15) is 33.6 Å². The minimum absolute atomic E-state index is 0.0440. The lowest BCUT2D eigenvalue weighted by Crippen LogP contribution is -2.40. The molecular weight excluding hydrogens is 188 g/mol. The van der Waals surface area contributed by atoms with Gasteiger partial charge in [-0.05, 0) is 46.1 Å². The maximum Gasteiger partial charge on any atom is 0.116 e. The van der Waals surface area contributed by atoms with E-state index < -0.39 is 0 Å². The molecule has 0 aromatic carbocycles. The Kier molecular flexibility index (Phi) is 3.33. The lowest BCUT2D eigenvalue weighted by Gasteiger charge is -2.27. The Labute approximate surface area is 93.2 Å². The predicted octanol–water partition coefficient (Wildman–Crippen LogP) is 1.44. The molecule has 0 bridgehead atoms. The average molecular weight is 212 g/mol. The van der Waals surface area contributed by atoms with Crippen LogP contribution in [0.3, 0.4) is 0 Å². The van der Waals surface area contributed by atoms with Gasteiger partial charge in [-0.25, -0.2) is 0 Å². The number of ether oxygens (including phenoxy) is 1. The molecule has 0 aromatic heterocycles. The molecule has 2 atom stereocenters. The summed E-state index contributed by atoms with van der Waals surface area (Å²) in [5.74, 6) is 0.808. The van der Waals surface area contributed by atoms with Crippen molar-refractivity contribution < 1.29 is 4.74 Å². The first-order valence-electron chi connectivity index (χ1n) is 6.22. The highest BCUT2D eigenvalue weighted by Crippen LogP contribution is 2.28. The number of nitrogens with zero attached hydrogens (tertiary/aromatic N) is 1. The van der Waals surface area contributed by atoms with Crippen molar-refractivity contribution >= 4 is 0 Å². The van der Waals surface area contributed by atoms with Gasteiger partial charge in [-0.2, -0.15) is 0 Å². The summed E-state index contributed by atoms with van der Waals surface area (Å²) in [6.45, 7) is 11.2. The molecule has 2 heterocycles. The van der Waals surface area contributed by atoms with Crippen molar-refractivity contribution in [3.63, 3.8) is 0 Å². The standard InChI is InChI=1S/C12H24N2O/c1-10(2)14-6-4-11(9-14)8-12(3)13-5-7-15-12/h10-11,13H,4-9H2,1-3H3. The zero-order chi connectivity index (χ0) is 10.9. The van der Waals surface area contributed by atoms with E-state index in [0.717, 1.165) is 25.5 Å². The highest BCUT2D eigenvalue weighted by molar-refractivity contribution is 4.86. The fourth-order valence-electron chi connectivity index (χ4n) is 2.82. The highest BCUT2D eigenvalue weighted by atomic mass is 16.5. The van der Waals surface area contributed by atoms with Gasteiger partial charge in [0.05, 0.1) is 6.61 Å². The van der Waals surface area contributed by atoms with Crippen molar-refractivity contribution in [1.82, 2.24) is 10.2 Å². The summed E-state index contributed by atoms with van der Waals surface area (Å²) in [5.41, 5.74) is -0.0440. The molecule has 2 unspecified atom stereocenters. The van der Waals surface area contributed by atoms with Gasteiger partial charge in [-0.1, -0.05) is 0 Å². The fraction of sp³-hybridized carbons (Fsp3) is 1.00. The van der Waals surface area contributed by atoms with E-state index in [9.17, 15) is 0 Å². The monoisotopic (exact) mass is 212 g/mol. The third-order valence-electron chi connectivity index (χ3n) is 3.75. The van der Waals surface area contributed by atoms with Crippen LogP contribution in [0.2, 0.25) is 0 Å². The molecule has 2 aliphatic rings. The molecule has 2 aliphatic heterocycles. The van der Waals surface area contributed by atoms with Crippen LogP contribution < -0.4 is 5.32 Å². The van der Waals surface area contributed by atoms with Gasteiger partial charge in [0.25, 0.3) is 0 Å². The van der Waals surface area contributed by atoms with Gasteiger partial charge in [0.2, 0.25) is 0 Å². The van der Waals surface area contributed by atoms with Gasteiger partial charge in [-0.15, -0.1) is 0 Å². The summed E-state index contributed by atoms with van der Waals surface area (Å²) in [6.07, 6.45) is 2.50. The molecule has 0 radical (unpaired) electrons. The van der Waals surface area contributed by atoms with Crippen LogP contribution in [0.15, 0.2) is 0 Å². The summed E-state index contributed by atoms with van der Waals surface area (Å²) < 4.78 is 5.77. The molecular formula is C12H24N2O. The SMILES string of the molecule is CC(C)N1CCC(CC2(C)NCCO2)C1. The molecule has 3 heteroatoms. The molecule has 2 rings (SSSR count). The van der Waals surface area contributed by atoms with Crippen molar-refractivity contribution in [3.05, 3.63) is 0 Å². The highest BCUT2D eigenvalue weighted by Gasteiger charge is 2.35. The summed E-state index contributed by atoms with van der Waals surface area (Å²) in [7, 11) is 0. The van der Waals surface area contributed by atoms with E-state index in [1.54, 1.807) is 0 Å². The zero-order valence-electron chi connectivity index (χ0n) is 10.3. The summed E-state index contributed by atoms with van der Waals surface area (Å²) in [6, 6.07) is 0.695. The van der Waals surface area contributed by atoms with Crippen molar-refractivity contribution in [2.45, 2.75) is 45.4 Å². The number of likely N-dealkylation sites (tertiary alicyclic amines) is 1. The van der Waals surface area contributed by atoms with Gasteiger partial charge >= 0.3 is 0 Å². The Morgan fingerprint density at radius 3 is 2.87 bits per heavy atom. The second-order valence-corrected chi connectivity index (χ2v) is 5.45. The van der Waals surface area contributed by atoms with Gasteiger partial charge in [0.15, 0.2) is 0 Å². The lowest BCUT2D eigenvalue weighted by atomic mass is 9.97. The van der Waals surface area contributed by atoms with Crippen molar-refractivity contribution in [2.75, 3.05) is 26.2 Å². The van der Waals surface area contributed by atoms with Crippen LogP contribution in [-0.4, -0.2) is 42.9 Å². The number of nitrogens with one attached hydrogen (secondary N) is 1. The molecule has 1 N–H and O–H groups in total. The summed E-state index contributed by atoms with van der Waals surface area (Å²) >= 11 is 0. The molecule has 0 aromatic rings. The van der Waals surface area contributed by atoms with E-state index in [-0.39, 0.29) is 5.72 Å².